The lowest BCUT2D eigenvalue weighted by molar-refractivity contribution is -0.120. The highest BCUT2D eigenvalue weighted by atomic mass is 32.2. The van der Waals surface area contributed by atoms with Crippen LogP contribution in [0.5, 0.6) is 0 Å². The Hall–Kier alpha value is -3.07. The van der Waals surface area contributed by atoms with Crippen molar-refractivity contribution >= 4 is 26.6 Å². The quantitative estimate of drug-likeness (QED) is 0.642. The minimum atomic E-state index is -3.50. The van der Waals surface area contributed by atoms with Gasteiger partial charge < -0.3 is 5.32 Å². The molecule has 0 fully saturated rings. The predicted molar refractivity (Wildman–Crippen MR) is 99.9 cm³/mol. The lowest BCUT2D eigenvalue weighted by Gasteiger charge is -2.07. The lowest BCUT2D eigenvalue weighted by atomic mass is 10.2. The number of aromatic nitrogens is 3. The van der Waals surface area contributed by atoms with Crippen molar-refractivity contribution in [3.05, 3.63) is 65.0 Å². The standard InChI is InChI=1S/C18H18N4O4S/c23-17(10-13-27(25,26)14-6-2-1-3-7-14)19-11-12-22-18(24)15-8-4-5-9-16(15)20-21-22/h1-9H,10-13H2,(H,19,23). The first-order valence-corrected chi connectivity index (χ1v) is 10.00. The lowest BCUT2D eigenvalue weighted by Crippen LogP contribution is -2.33. The van der Waals surface area contributed by atoms with Crippen molar-refractivity contribution in [2.24, 2.45) is 0 Å². The SMILES string of the molecule is O=C(CCS(=O)(=O)c1ccccc1)NCCn1nnc2ccccc2c1=O. The molecule has 0 aliphatic rings. The van der Waals surface area contributed by atoms with Crippen LogP contribution in [0, 0.1) is 0 Å². The predicted octanol–water partition coefficient (Wildman–Crippen LogP) is 0.772. The summed E-state index contributed by atoms with van der Waals surface area (Å²) in [4.78, 5) is 24.4. The summed E-state index contributed by atoms with van der Waals surface area (Å²) in [5.41, 5.74) is 0.218. The van der Waals surface area contributed by atoms with E-state index in [1.54, 1.807) is 42.5 Å². The molecule has 0 spiro atoms. The molecule has 27 heavy (non-hydrogen) atoms. The molecular weight excluding hydrogens is 368 g/mol. The molecule has 0 aliphatic carbocycles. The third kappa shape index (κ3) is 4.56. The van der Waals surface area contributed by atoms with Crippen molar-refractivity contribution in [3.8, 4) is 0 Å². The van der Waals surface area contributed by atoms with Crippen molar-refractivity contribution in [3.63, 3.8) is 0 Å². The largest absolute Gasteiger partial charge is 0.354 e. The van der Waals surface area contributed by atoms with E-state index >= 15 is 0 Å². The average Bonchev–Trinajstić information content (AvgIpc) is 2.69. The molecule has 3 rings (SSSR count). The second-order valence-electron chi connectivity index (χ2n) is 5.87. The molecule has 0 radical (unpaired) electrons. The maximum Gasteiger partial charge on any atom is 0.277 e. The summed E-state index contributed by atoms with van der Waals surface area (Å²) in [6.45, 7) is 0.297. The molecule has 0 bridgehead atoms. The van der Waals surface area contributed by atoms with Crippen LogP contribution in [0.25, 0.3) is 10.9 Å². The molecule has 140 valence electrons. The zero-order valence-corrected chi connectivity index (χ0v) is 15.2. The Labute approximate surface area is 155 Å². The fourth-order valence-electron chi connectivity index (χ4n) is 2.53. The second-order valence-corrected chi connectivity index (χ2v) is 7.98. The van der Waals surface area contributed by atoms with Gasteiger partial charge in [0, 0.05) is 13.0 Å². The minimum absolute atomic E-state index is 0.147. The van der Waals surface area contributed by atoms with Gasteiger partial charge in [0.15, 0.2) is 9.84 Å². The Morgan fingerprint density at radius 3 is 2.52 bits per heavy atom. The van der Waals surface area contributed by atoms with E-state index in [1.807, 2.05) is 0 Å². The molecule has 3 aromatic rings. The summed E-state index contributed by atoms with van der Waals surface area (Å²) in [5, 5.41) is 10.8. The molecular formula is C18H18N4O4S. The van der Waals surface area contributed by atoms with Crippen LogP contribution in [-0.2, 0) is 21.2 Å². The highest BCUT2D eigenvalue weighted by molar-refractivity contribution is 7.91. The number of nitrogens with one attached hydrogen (secondary N) is 1. The van der Waals surface area contributed by atoms with E-state index in [9.17, 15) is 18.0 Å². The Morgan fingerprint density at radius 2 is 1.74 bits per heavy atom. The number of sulfone groups is 1. The normalized spacial score (nSPS) is 11.4. The van der Waals surface area contributed by atoms with Gasteiger partial charge in [-0.2, -0.15) is 0 Å². The highest BCUT2D eigenvalue weighted by Gasteiger charge is 2.16. The Bertz CT molecular complexity index is 1110. The number of carbonyl (C=O) groups excluding carboxylic acids is 1. The van der Waals surface area contributed by atoms with Gasteiger partial charge >= 0.3 is 0 Å². The van der Waals surface area contributed by atoms with Crippen molar-refractivity contribution < 1.29 is 13.2 Å². The van der Waals surface area contributed by atoms with E-state index in [-0.39, 0.29) is 35.7 Å². The first-order chi connectivity index (χ1) is 13.0. The monoisotopic (exact) mass is 386 g/mol. The van der Waals surface area contributed by atoms with Crippen LogP contribution in [0.4, 0.5) is 0 Å². The molecule has 0 saturated heterocycles. The van der Waals surface area contributed by atoms with Crippen LogP contribution < -0.4 is 10.9 Å². The van der Waals surface area contributed by atoms with Gasteiger partial charge in [-0.3, -0.25) is 9.59 Å². The van der Waals surface area contributed by atoms with Gasteiger partial charge in [-0.25, -0.2) is 13.1 Å². The summed E-state index contributed by atoms with van der Waals surface area (Å²) in [6.07, 6.45) is -0.157. The number of hydrogen-bond donors (Lipinski definition) is 1. The van der Waals surface area contributed by atoms with Crippen molar-refractivity contribution in [2.75, 3.05) is 12.3 Å². The van der Waals surface area contributed by atoms with Crippen LogP contribution in [0.15, 0.2) is 64.3 Å². The van der Waals surface area contributed by atoms with E-state index in [2.05, 4.69) is 15.6 Å². The number of amides is 1. The summed E-state index contributed by atoms with van der Waals surface area (Å²) < 4.78 is 25.5. The zero-order valence-electron chi connectivity index (χ0n) is 14.4. The first-order valence-electron chi connectivity index (χ1n) is 8.34. The number of fused-ring (bicyclic) bond motifs is 1. The smallest absolute Gasteiger partial charge is 0.277 e. The van der Waals surface area contributed by atoms with Gasteiger partial charge in [-0.1, -0.05) is 35.5 Å². The Kier molecular flexibility index (Phi) is 5.60. The molecule has 0 unspecified atom stereocenters. The topological polar surface area (TPSA) is 111 Å². The van der Waals surface area contributed by atoms with Gasteiger partial charge in [0.2, 0.25) is 5.91 Å². The molecule has 9 heteroatoms. The molecule has 8 nitrogen and oxygen atoms in total. The molecule has 1 aromatic heterocycles. The molecule has 1 N–H and O–H groups in total. The van der Waals surface area contributed by atoms with Crippen molar-refractivity contribution in [1.82, 2.24) is 20.3 Å². The van der Waals surface area contributed by atoms with Crippen LogP contribution in [-0.4, -0.2) is 41.6 Å². The van der Waals surface area contributed by atoms with Gasteiger partial charge in [0.25, 0.3) is 5.56 Å². The Morgan fingerprint density at radius 1 is 1.04 bits per heavy atom. The minimum Gasteiger partial charge on any atom is -0.354 e. The summed E-state index contributed by atoms with van der Waals surface area (Å²) in [6, 6.07) is 14.9. The number of nitrogens with zero attached hydrogens (tertiary/aromatic N) is 3. The van der Waals surface area contributed by atoms with E-state index in [4.69, 9.17) is 0 Å². The molecule has 0 atom stereocenters. The zero-order chi connectivity index (χ0) is 19.3. The van der Waals surface area contributed by atoms with Crippen molar-refractivity contribution in [2.45, 2.75) is 17.9 Å². The van der Waals surface area contributed by atoms with Gasteiger partial charge in [-0.05, 0) is 24.3 Å². The second kappa shape index (κ2) is 8.09. The summed E-state index contributed by atoms with van der Waals surface area (Å²) in [5.74, 6) is -0.685. The fourth-order valence-corrected chi connectivity index (χ4v) is 3.79. The van der Waals surface area contributed by atoms with Gasteiger partial charge in [-0.15, -0.1) is 5.10 Å². The van der Waals surface area contributed by atoms with Crippen LogP contribution >= 0.6 is 0 Å². The average molecular weight is 386 g/mol. The van der Waals surface area contributed by atoms with E-state index < -0.39 is 15.7 Å². The summed E-state index contributed by atoms with van der Waals surface area (Å²) in [7, 11) is -3.50. The third-order valence-electron chi connectivity index (χ3n) is 3.98. The molecule has 1 heterocycles. The number of hydrogen-bond acceptors (Lipinski definition) is 6. The maximum atomic E-state index is 12.3. The number of benzene rings is 2. The molecule has 1 amide bonds. The summed E-state index contributed by atoms with van der Waals surface area (Å²) >= 11 is 0. The maximum absolute atomic E-state index is 12.3. The molecule has 0 saturated carbocycles. The van der Waals surface area contributed by atoms with E-state index in [0.29, 0.717) is 10.9 Å². The number of rotatable bonds is 7. The third-order valence-corrected chi connectivity index (χ3v) is 5.71. The van der Waals surface area contributed by atoms with Gasteiger partial charge in [0.05, 0.1) is 22.6 Å². The van der Waals surface area contributed by atoms with Crippen LogP contribution in [0.3, 0.4) is 0 Å². The van der Waals surface area contributed by atoms with Crippen LogP contribution in [0.1, 0.15) is 6.42 Å². The molecule has 2 aromatic carbocycles. The van der Waals surface area contributed by atoms with Crippen molar-refractivity contribution in [1.29, 1.82) is 0 Å². The highest BCUT2D eigenvalue weighted by Crippen LogP contribution is 2.10. The fraction of sp³-hybridized carbons (Fsp3) is 0.222. The van der Waals surface area contributed by atoms with E-state index in [0.717, 1.165) is 0 Å². The number of carbonyl (C=O) groups is 1. The molecule has 0 aliphatic heterocycles. The van der Waals surface area contributed by atoms with Gasteiger partial charge in [0.1, 0.15) is 5.52 Å². The Balaban J connectivity index is 1.53. The van der Waals surface area contributed by atoms with Crippen LogP contribution in [0.2, 0.25) is 0 Å². The van der Waals surface area contributed by atoms with E-state index in [1.165, 1.54) is 16.8 Å². The first kappa shape index (κ1) is 18.7.